The van der Waals surface area contributed by atoms with Crippen LogP contribution in [0.4, 0.5) is 0 Å². The molecule has 2 rings (SSSR count). The molecule has 116 valence electrons. The Morgan fingerprint density at radius 2 is 1.65 bits per heavy atom. The highest BCUT2D eigenvalue weighted by molar-refractivity contribution is 5.70. The van der Waals surface area contributed by atoms with Gasteiger partial charge in [-0.2, -0.15) is 0 Å². The lowest BCUT2D eigenvalue weighted by Crippen LogP contribution is -2.35. The van der Waals surface area contributed by atoms with Crippen LogP contribution in [0.3, 0.4) is 0 Å². The number of carbonyl (C=O) groups is 1. The second-order valence-electron chi connectivity index (χ2n) is 8.90. The third-order valence-corrected chi connectivity index (χ3v) is 5.77. The molecule has 0 aromatic rings. The Morgan fingerprint density at radius 1 is 1.00 bits per heavy atom. The maximum Gasteiger partial charge on any atom is 0.307 e. The topological polar surface area (TPSA) is 37.3 Å². The van der Waals surface area contributed by atoms with Crippen LogP contribution in [0.25, 0.3) is 0 Å². The fraction of sp³-hybridized carbons (Fsp3) is 0.944. The van der Waals surface area contributed by atoms with Gasteiger partial charge in [-0.3, -0.25) is 4.79 Å². The normalized spacial score (nSPS) is 37.1. The summed E-state index contributed by atoms with van der Waals surface area (Å²) in [6.45, 7) is 9.03. The van der Waals surface area contributed by atoms with Crippen molar-refractivity contribution < 1.29 is 9.90 Å². The standard InChI is InChI=1S/C18H32O2/c1-17(2)11-14-9-8-13(10-14)6-5-7-15(16(19)20)18(3,4)12-17/h13-15H,5-12H2,1-4H3,(H,19,20)/t13?,14?,15-/m0/s1. The Kier molecular flexibility index (Phi) is 4.51. The van der Waals surface area contributed by atoms with Crippen molar-refractivity contribution in [2.75, 3.05) is 0 Å². The van der Waals surface area contributed by atoms with E-state index in [1.54, 1.807) is 0 Å². The highest BCUT2D eigenvalue weighted by Gasteiger charge is 2.41. The number of carboxylic acids is 1. The van der Waals surface area contributed by atoms with Gasteiger partial charge in [0.15, 0.2) is 0 Å². The molecule has 0 radical (unpaired) electrons. The molecule has 0 aromatic carbocycles. The van der Waals surface area contributed by atoms with E-state index in [9.17, 15) is 9.90 Å². The van der Waals surface area contributed by atoms with Gasteiger partial charge in [0.1, 0.15) is 0 Å². The van der Waals surface area contributed by atoms with Gasteiger partial charge in [0.05, 0.1) is 5.92 Å². The molecule has 2 aliphatic rings. The smallest absolute Gasteiger partial charge is 0.307 e. The Balaban J connectivity index is 2.19. The number of aliphatic carboxylic acids is 1. The minimum atomic E-state index is -0.588. The first-order chi connectivity index (χ1) is 9.20. The molecule has 20 heavy (non-hydrogen) atoms. The van der Waals surface area contributed by atoms with E-state index in [0.717, 1.165) is 31.1 Å². The van der Waals surface area contributed by atoms with Gasteiger partial charge in [-0.05, 0) is 48.3 Å². The van der Waals surface area contributed by atoms with Crippen LogP contribution < -0.4 is 0 Å². The van der Waals surface area contributed by atoms with Crippen molar-refractivity contribution in [3.05, 3.63) is 0 Å². The molecule has 2 aliphatic carbocycles. The van der Waals surface area contributed by atoms with Crippen LogP contribution in [0.2, 0.25) is 0 Å². The predicted octanol–water partition coefficient (Wildman–Crippen LogP) is 5.12. The maximum absolute atomic E-state index is 11.7. The molecule has 0 saturated heterocycles. The van der Waals surface area contributed by atoms with E-state index >= 15 is 0 Å². The Labute approximate surface area is 124 Å². The summed E-state index contributed by atoms with van der Waals surface area (Å²) < 4.78 is 0. The number of hydrogen-bond donors (Lipinski definition) is 1. The van der Waals surface area contributed by atoms with Gasteiger partial charge in [0.2, 0.25) is 0 Å². The van der Waals surface area contributed by atoms with E-state index in [2.05, 4.69) is 27.7 Å². The third kappa shape index (κ3) is 3.77. The van der Waals surface area contributed by atoms with Crippen LogP contribution in [-0.2, 0) is 4.79 Å². The lowest BCUT2D eigenvalue weighted by molar-refractivity contribution is -0.147. The monoisotopic (exact) mass is 280 g/mol. The molecule has 0 heterocycles. The SMILES string of the molecule is CC1(C)CC2CCC(CCC[C@@H](C(=O)O)C(C)(C)C1)C2. The molecule has 2 unspecified atom stereocenters. The van der Waals surface area contributed by atoms with Crippen LogP contribution in [0.15, 0.2) is 0 Å². The fourth-order valence-corrected chi connectivity index (χ4v) is 5.30. The average Bonchev–Trinajstić information content (AvgIpc) is 2.66. The van der Waals surface area contributed by atoms with Gasteiger partial charge in [-0.25, -0.2) is 0 Å². The van der Waals surface area contributed by atoms with Gasteiger partial charge in [0, 0.05) is 0 Å². The van der Waals surface area contributed by atoms with Gasteiger partial charge >= 0.3 is 5.97 Å². The van der Waals surface area contributed by atoms with Crippen molar-refractivity contribution in [2.45, 2.75) is 79.1 Å². The summed E-state index contributed by atoms with van der Waals surface area (Å²) in [6.07, 6.45) is 9.67. The summed E-state index contributed by atoms with van der Waals surface area (Å²) in [7, 11) is 0. The first-order valence-corrected chi connectivity index (χ1v) is 8.42. The molecular weight excluding hydrogens is 248 g/mol. The Hall–Kier alpha value is -0.530. The zero-order valence-electron chi connectivity index (χ0n) is 13.7. The molecule has 3 atom stereocenters. The number of carboxylic acid groups (broad SMARTS) is 1. The number of rotatable bonds is 1. The largest absolute Gasteiger partial charge is 0.481 e. The van der Waals surface area contributed by atoms with Crippen LogP contribution in [0, 0.1) is 28.6 Å². The van der Waals surface area contributed by atoms with Crippen LogP contribution >= 0.6 is 0 Å². The Morgan fingerprint density at radius 3 is 2.30 bits per heavy atom. The minimum absolute atomic E-state index is 0.0983. The molecular formula is C18H32O2. The molecule has 2 saturated carbocycles. The maximum atomic E-state index is 11.7. The second kappa shape index (κ2) is 5.69. The fourth-order valence-electron chi connectivity index (χ4n) is 5.30. The van der Waals surface area contributed by atoms with Gasteiger partial charge < -0.3 is 5.11 Å². The lowest BCUT2D eigenvalue weighted by Gasteiger charge is -2.40. The van der Waals surface area contributed by atoms with Crippen molar-refractivity contribution >= 4 is 5.97 Å². The van der Waals surface area contributed by atoms with Crippen molar-refractivity contribution in [3.8, 4) is 0 Å². The second-order valence-corrected chi connectivity index (χ2v) is 8.90. The van der Waals surface area contributed by atoms with Gasteiger partial charge in [-0.15, -0.1) is 0 Å². The summed E-state index contributed by atoms with van der Waals surface area (Å²) in [4.78, 5) is 11.7. The molecule has 2 fully saturated rings. The van der Waals surface area contributed by atoms with E-state index in [-0.39, 0.29) is 16.7 Å². The van der Waals surface area contributed by atoms with Crippen LogP contribution in [0.1, 0.15) is 79.1 Å². The molecule has 2 bridgehead atoms. The van der Waals surface area contributed by atoms with E-state index in [1.165, 1.54) is 32.1 Å². The molecule has 0 spiro atoms. The third-order valence-electron chi connectivity index (χ3n) is 5.77. The quantitative estimate of drug-likeness (QED) is 0.723. The van der Waals surface area contributed by atoms with Gasteiger partial charge in [0.25, 0.3) is 0 Å². The predicted molar refractivity (Wildman–Crippen MR) is 82.6 cm³/mol. The number of hydrogen-bond acceptors (Lipinski definition) is 1. The summed E-state index contributed by atoms with van der Waals surface area (Å²) in [6, 6.07) is 0. The summed E-state index contributed by atoms with van der Waals surface area (Å²) >= 11 is 0. The lowest BCUT2D eigenvalue weighted by atomic mass is 9.65. The molecule has 2 heteroatoms. The minimum Gasteiger partial charge on any atom is -0.481 e. The summed E-state index contributed by atoms with van der Waals surface area (Å²) in [5.74, 6) is 0.979. The Bertz CT molecular complexity index is 356. The van der Waals surface area contributed by atoms with E-state index in [1.807, 2.05) is 0 Å². The molecule has 0 aliphatic heterocycles. The van der Waals surface area contributed by atoms with Crippen LogP contribution in [0.5, 0.6) is 0 Å². The molecule has 1 N–H and O–H groups in total. The molecule has 0 amide bonds. The zero-order valence-corrected chi connectivity index (χ0v) is 13.7. The number of fused-ring (bicyclic) bond motifs is 2. The van der Waals surface area contributed by atoms with Crippen molar-refractivity contribution in [1.82, 2.24) is 0 Å². The van der Waals surface area contributed by atoms with Crippen LogP contribution in [-0.4, -0.2) is 11.1 Å². The van der Waals surface area contributed by atoms with E-state index < -0.39 is 5.97 Å². The highest BCUT2D eigenvalue weighted by atomic mass is 16.4. The highest BCUT2D eigenvalue weighted by Crippen LogP contribution is 2.48. The summed E-state index contributed by atoms with van der Waals surface area (Å²) in [5, 5.41) is 9.63. The van der Waals surface area contributed by atoms with E-state index in [0.29, 0.717) is 0 Å². The van der Waals surface area contributed by atoms with E-state index in [4.69, 9.17) is 0 Å². The van der Waals surface area contributed by atoms with Crippen molar-refractivity contribution in [1.29, 1.82) is 0 Å². The van der Waals surface area contributed by atoms with Crippen molar-refractivity contribution in [2.24, 2.45) is 28.6 Å². The molecule has 0 aromatic heterocycles. The molecule has 2 nitrogen and oxygen atoms in total. The summed E-state index contributed by atoms with van der Waals surface area (Å²) in [5.41, 5.74) is 0.167. The van der Waals surface area contributed by atoms with Gasteiger partial charge in [-0.1, -0.05) is 53.4 Å². The zero-order chi connectivity index (χ0) is 15.0. The average molecular weight is 280 g/mol. The first-order valence-electron chi connectivity index (χ1n) is 8.42. The first kappa shape index (κ1) is 15.9. The van der Waals surface area contributed by atoms with Crippen molar-refractivity contribution in [3.63, 3.8) is 0 Å².